The lowest BCUT2D eigenvalue weighted by molar-refractivity contribution is -0.154. The van der Waals surface area contributed by atoms with Gasteiger partial charge in [0.1, 0.15) is 5.60 Å². The second-order valence-corrected chi connectivity index (χ2v) is 5.48. The topological polar surface area (TPSA) is 66.8 Å². The molecular weight excluding hydrogens is 220 g/mol. The van der Waals surface area contributed by atoms with E-state index in [1.807, 2.05) is 26.8 Å². The number of aliphatic hydroxyl groups excluding tert-OH is 2. The molecule has 2 unspecified atom stereocenters. The Balaban J connectivity index is 2.61. The summed E-state index contributed by atoms with van der Waals surface area (Å²) in [6.07, 6.45) is 2.91. The lowest BCUT2D eigenvalue weighted by Gasteiger charge is -2.28. The van der Waals surface area contributed by atoms with Crippen molar-refractivity contribution in [3.8, 4) is 0 Å². The third-order valence-electron chi connectivity index (χ3n) is 2.77. The van der Waals surface area contributed by atoms with Gasteiger partial charge in [0.25, 0.3) is 0 Å². The van der Waals surface area contributed by atoms with Gasteiger partial charge in [0, 0.05) is 5.92 Å². The van der Waals surface area contributed by atoms with Gasteiger partial charge in [-0.05, 0) is 33.6 Å². The Bertz CT molecular complexity index is 301. The summed E-state index contributed by atoms with van der Waals surface area (Å²) in [7, 11) is 0. The van der Waals surface area contributed by atoms with E-state index >= 15 is 0 Å². The van der Waals surface area contributed by atoms with Crippen molar-refractivity contribution in [1.82, 2.24) is 0 Å². The molecule has 4 heteroatoms. The number of carbonyl (C=O) groups excluding carboxylic acids is 1. The fourth-order valence-electron chi connectivity index (χ4n) is 2.03. The first-order valence-electron chi connectivity index (χ1n) is 6.03. The summed E-state index contributed by atoms with van der Waals surface area (Å²) in [5.74, 6) is -0.632. The van der Waals surface area contributed by atoms with Crippen LogP contribution in [0.2, 0.25) is 0 Å². The number of carbonyl (C=O) groups is 1. The minimum Gasteiger partial charge on any atom is -0.460 e. The molecule has 0 bridgehead atoms. The van der Waals surface area contributed by atoms with E-state index in [-0.39, 0.29) is 24.9 Å². The van der Waals surface area contributed by atoms with Gasteiger partial charge in [-0.25, -0.2) is 0 Å². The highest BCUT2D eigenvalue weighted by atomic mass is 16.6. The quantitative estimate of drug-likeness (QED) is 0.580. The van der Waals surface area contributed by atoms with Gasteiger partial charge in [0.05, 0.1) is 19.1 Å². The second kappa shape index (κ2) is 5.65. The zero-order valence-corrected chi connectivity index (χ0v) is 10.8. The Kier molecular flexibility index (Phi) is 4.71. The molecule has 2 atom stereocenters. The largest absolute Gasteiger partial charge is 0.460 e. The number of allylic oxidation sites excluding steroid dienone is 1. The number of ether oxygens (including phenoxy) is 1. The van der Waals surface area contributed by atoms with Crippen LogP contribution in [0.5, 0.6) is 0 Å². The van der Waals surface area contributed by atoms with Gasteiger partial charge in [-0.3, -0.25) is 4.79 Å². The molecule has 1 aliphatic carbocycles. The summed E-state index contributed by atoms with van der Waals surface area (Å²) in [5.41, 5.74) is 0.292. The van der Waals surface area contributed by atoms with Crippen molar-refractivity contribution in [3.05, 3.63) is 11.6 Å². The number of hydrogen-bond acceptors (Lipinski definition) is 4. The van der Waals surface area contributed by atoms with E-state index in [2.05, 4.69) is 0 Å². The molecule has 1 aliphatic rings. The highest BCUT2D eigenvalue weighted by Crippen LogP contribution is 2.28. The fourth-order valence-corrected chi connectivity index (χ4v) is 2.03. The van der Waals surface area contributed by atoms with Crippen molar-refractivity contribution < 1.29 is 19.7 Å². The van der Waals surface area contributed by atoms with E-state index in [0.29, 0.717) is 6.42 Å². The maximum Gasteiger partial charge on any atom is 0.310 e. The molecule has 0 saturated carbocycles. The first-order chi connectivity index (χ1) is 7.83. The predicted molar refractivity (Wildman–Crippen MR) is 64.4 cm³/mol. The second-order valence-electron chi connectivity index (χ2n) is 5.48. The molecule has 0 spiro atoms. The number of hydrogen-bond donors (Lipinski definition) is 2. The molecule has 2 N–H and O–H groups in total. The Labute approximate surface area is 102 Å². The fraction of sp³-hybridized carbons (Fsp3) is 0.769. The van der Waals surface area contributed by atoms with Crippen LogP contribution in [-0.2, 0) is 9.53 Å². The number of aliphatic hydroxyl groups is 2. The molecule has 1 rings (SSSR count). The van der Waals surface area contributed by atoms with E-state index in [1.165, 1.54) is 0 Å². The summed E-state index contributed by atoms with van der Waals surface area (Å²) in [6.45, 7) is 5.32. The van der Waals surface area contributed by atoms with Crippen LogP contribution in [0, 0.1) is 5.92 Å². The summed E-state index contributed by atoms with van der Waals surface area (Å²) in [6, 6.07) is 0. The summed E-state index contributed by atoms with van der Waals surface area (Å²) in [4.78, 5) is 11.7. The molecule has 0 radical (unpaired) electrons. The molecular formula is C13H22O4. The van der Waals surface area contributed by atoms with Gasteiger partial charge >= 0.3 is 5.97 Å². The minimum absolute atomic E-state index is 0.129. The lowest BCUT2D eigenvalue weighted by Crippen LogP contribution is -2.31. The maximum absolute atomic E-state index is 11.7. The van der Waals surface area contributed by atoms with Crippen LogP contribution in [0.15, 0.2) is 11.6 Å². The van der Waals surface area contributed by atoms with Crippen LogP contribution >= 0.6 is 0 Å². The Hall–Kier alpha value is -0.870. The standard InChI is InChI=1S/C13H22O4/c1-13(2,3)17-12(16)7-9-5-4-6-11(15)10(9)8-14/h5,10-11,14-15H,4,6-8H2,1-3H3. The maximum atomic E-state index is 11.7. The zero-order valence-electron chi connectivity index (χ0n) is 10.8. The van der Waals surface area contributed by atoms with Gasteiger partial charge in [-0.1, -0.05) is 11.6 Å². The van der Waals surface area contributed by atoms with Gasteiger partial charge in [-0.2, -0.15) is 0 Å². The average molecular weight is 242 g/mol. The molecule has 0 aromatic heterocycles. The third-order valence-corrected chi connectivity index (χ3v) is 2.77. The minimum atomic E-state index is -0.553. The molecule has 0 aromatic carbocycles. The normalized spacial score (nSPS) is 25.4. The molecule has 0 fully saturated rings. The van der Waals surface area contributed by atoms with Crippen molar-refractivity contribution in [2.45, 2.75) is 51.7 Å². The van der Waals surface area contributed by atoms with E-state index in [0.717, 1.165) is 12.0 Å². The van der Waals surface area contributed by atoms with Gasteiger partial charge in [-0.15, -0.1) is 0 Å². The van der Waals surface area contributed by atoms with Crippen molar-refractivity contribution >= 4 is 5.97 Å². The molecule has 17 heavy (non-hydrogen) atoms. The van der Waals surface area contributed by atoms with Gasteiger partial charge in [0.2, 0.25) is 0 Å². The summed E-state index contributed by atoms with van der Waals surface area (Å²) in [5, 5.41) is 19.0. The summed E-state index contributed by atoms with van der Waals surface area (Å²) < 4.78 is 5.23. The van der Waals surface area contributed by atoms with E-state index < -0.39 is 11.7 Å². The summed E-state index contributed by atoms with van der Waals surface area (Å²) >= 11 is 0. The van der Waals surface area contributed by atoms with Gasteiger partial charge in [0.15, 0.2) is 0 Å². The highest BCUT2D eigenvalue weighted by molar-refractivity contribution is 5.73. The van der Waals surface area contributed by atoms with Crippen molar-refractivity contribution in [1.29, 1.82) is 0 Å². The third kappa shape index (κ3) is 4.48. The van der Waals surface area contributed by atoms with Gasteiger partial charge < -0.3 is 14.9 Å². The number of rotatable bonds is 3. The molecule has 0 aromatic rings. The first-order valence-corrected chi connectivity index (χ1v) is 6.03. The van der Waals surface area contributed by atoms with E-state index in [4.69, 9.17) is 4.74 Å². The number of esters is 1. The van der Waals surface area contributed by atoms with E-state index in [9.17, 15) is 15.0 Å². The van der Waals surface area contributed by atoms with Crippen LogP contribution < -0.4 is 0 Å². The van der Waals surface area contributed by atoms with Crippen molar-refractivity contribution in [3.63, 3.8) is 0 Å². The molecule has 0 heterocycles. The zero-order chi connectivity index (χ0) is 13.1. The van der Waals surface area contributed by atoms with E-state index in [1.54, 1.807) is 0 Å². The first kappa shape index (κ1) is 14.2. The van der Waals surface area contributed by atoms with Crippen LogP contribution in [0.4, 0.5) is 0 Å². The Morgan fingerprint density at radius 3 is 2.71 bits per heavy atom. The SMILES string of the molecule is CC(C)(C)OC(=O)CC1=CCCC(O)C1CO. The van der Waals surface area contributed by atoms with Crippen molar-refractivity contribution in [2.75, 3.05) is 6.61 Å². The monoisotopic (exact) mass is 242 g/mol. The van der Waals surface area contributed by atoms with Crippen LogP contribution in [-0.4, -0.2) is 34.5 Å². The highest BCUT2D eigenvalue weighted by Gasteiger charge is 2.28. The van der Waals surface area contributed by atoms with Crippen LogP contribution in [0.3, 0.4) is 0 Å². The van der Waals surface area contributed by atoms with Crippen LogP contribution in [0.25, 0.3) is 0 Å². The molecule has 0 amide bonds. The molecule has 0 saturated heterocycles. The lowest BCUT2D eigenvalue weighted by atomic mass is 9.84. The Morgan fingerprint density at radius 2 is 2.18 bits per heavy atom. The Morgan fingerprint density at radius 1 is 1.53 bits per heavy atom. The molecule has 98 valence electrons. The molecule has 0 aliphatic heterocycles. The van der Waals surface area contributed by atoms with Crippen molar-refractivity contribution in [2.24, 2.45) is 5.92 Å². The predicted octanol–water partition coefficient (Wildman–Crippen LogP) is 1.41. The van der Waals surface area contributed by atoms with Crippen LogP contribution in [0.1, 0.15) is 40.0 Å². The average Bonchev–Trinajstić information content (AvgIpc) is 2.14. The molecule has 4 nitrogen and oxygen atoms in total. The smallest absolute Gasteiger partial charge is 0.310 e.